The van der Waals surface area contributed by atoms with Gasteiger partial charge < -0.3 is 4.74 Å². The third kappa shape index (κ3) is 1.80. The van der Waals surface area contributed by atoms with Crippen LogP contribution in [0.5, 0.6) is 0 Å². The van der Waals surface area contributed by atoms with E-state index in [1.165, 1.54) is 7.11 Å². The number of hydrogen-bond acceptors (Lipinski definition) is 3. The fourth-order valence-corrected chi connectivity index (χ4v) is 4.10. The van der Waals surface area contributed by atoms with Crippen LogP contribution >= 0.6 is 0 Å². The molecule has 3 nitrogen and oxygen atoms in total. The summed E-state index contributed by atoms with van der Waals surface area (Å²) < 4.78 is 5.02. The molecule has 110 valence electrons. The number of benzene rings is 1. The Balaban J connectivity index is 2.22. The largest absolute Gasteiger partial charge is 0.468 e. The summed E-state index contributed by atoms with van der Waals surface area (Å²) in [6.45, 7) is 4.05. The maximum atomic E-state index is 12.5. The highest BCUT2D eigenvalue weighted by atomic mass is 16.5. The summed E-state index contributed by atoms with van der Waals surface area (Å²) in [5.41, 5.74) is 1.76. The lowest BCUT2D eigenvalue weighted by molar-refractivity contribution is -0.151. The van der Waals surface area contributed by atoms with Crippen LogP contribution in [-0.2, 0) is 14.9 Å². The molecule has 0 spiro atoms. The normalized spacial score (nSPS) is 31.0. The summed E-state index contributed by atoms with van der Waals surface area (Å²) in [5.74, 6) is -0.248. The Kier molecular flexibility index (Phi) is 3.05. The topological polar surface area (TPSA) is 43.4 Å². The first-order valence-corrected chi connectivity index (χ1v) is 7.38. The Labute approximate surface area is 125 Å². The second kappa shape index (κ2) is 4.55. The lowest BCUT2D eigenvalue weighted by Gasteiger charge is -2.48. The molecule has 0 aromatic heterocycles. The molecular weight excluding hydrogens is 264 g/mol. The molecular formula is C18H20O3. The third-order valence-electron chi connectivity index (χ3n) is 5.24. The van der Waals surface area contributed by atoms with Crippen molar-refractivity contribution >= 4 is 11.8 Å². The molecule has 3 heteroatoms. The first-order valence-electron chi connectivity index (χ1n) is 7.38. The zero-order valence-electron chi connectivity index (χ0n) is 12.7. The first-order chi connectivity index (χ1) is 9.93. The van der Waals surface area contributed by atoms with Crippen LogP contribution in [0, 0.1) is 5.41 Å². The van der Waals surface area contributed by atoms with E-state index in [2.05, 4.69) is 6.92 Å². The number of ether oxygens (including phenoxy) is 1. The van der Waals surface area contributed by atoms with Gasteiger partial charge >= 0.3 is 5.97 Å². The molecule has 0 heterocycles. The predicted molar refractivity (Wildman–Crippen MR) is 80.2 cm³/mol. The monoisotopic (exact) mass is 284 g/mol. The first kappa shape index (κ1) is 14.1. The van der Waals surface area contributed by atoms with Crippen molar-refractivity contribution in [1.29, 1.82) is 0 Å². The molecule has 0 N–H and O–H groups in total. The van der Waals surface area contributed by atoms with Crippen molar-refractivity contribution in [2.45, 2.75) is 38.5 Å². The fraction of sp³-hybridized carbons (Fsp3) is 0.444. The summed E-state index contributed by atoms with van der Waals surface area (Å²) >= 11 is 0. The Bertz CT molecular complexity index is 658. The molecule has 0 amide bonds. The molecule has 0 unspecified atom stereocenters. The molecule has 1 saturated carbocycles. The lowest BCUT2D eigenvalue weighted by Crippen LogP contribution is -2.46. The third-order valence-corrected chi connectivity index (χ3v) is 5.24. The van der Waals surface area contributed by atoms with Gasteiger partial charge in [0, 0.05) is 11.0 Å². The van der Waals surface area contributed by atoms with Gasteiger partial charge in [0.25, 0.3) is 0 Å². The van der Waals surface area contributed by atoms with Gasteiger partial charge in [-0.25, -0.2) is 0 Å². The van der Waals surface area contributed by atoms with E-state index < -0.39 is 5.41 Å². The summed E-state index contributed by atoms with van der Waals surface area (Å²) in [4.78, 5) is 24.8. The molecule has 0 bridgehead atoms. The van der Waals surface area contributed by atoms with E-state index in [-0.39, 0.29) is 17.2 Å². The van der Waals surface area contributed by atoms with E-state index >= 15 is 0 Å². The number of carbonyl (C=O) groups is 2. The zero-order chi connectivity index (χ0) is 15.3. The van der Waals surface area contributed by atoms with Crippen LogP contribution in [0.4, 0.5) is 0 Å². The molecule has 21 heavy (non-hydrogen) atoms. The van der Waals surface area contributed by atoms with Crippen LogP contribution in [-0.4, -0.2) is 18.9 Å². The lowest BCUT2D eigenvalue weighted by atomic mass is 9.54. The molecule has 0 aliphatic heterocycles. The van der Waals surface area contributed by atoms with Gasteiger partial charge in [-0.2, -0.15) is 0 Å². The minimum atomic E-state index is -0.703. The minimum Gasteiger partial charge on any atom is -0.468 e. The molecule has 2 aliphatic rings. The number of fused-ring (bicyclic) bond motifs is 3. The van der Waals surface area contributed by atoms with Gasteiger partial charge in [-0.3, -0.25) is 9.59 Å². The van der Waals surface area contributed by atoms with Crippen LogP contribution in [0.15, 0.2) is 35.9 Å². The van der Waals surface area contributed by atoms with Crippen LogP contribution in [0.25, 0.3) is 0 Å². The van der Waals surface area contributed by atoms with Crippen LogP contribution in [0.2, 0.25) is 0 Å². The molecule has 0 saturated heterocycles. The molecule has 2 atom stereocenters. The van der Waals surface area contributed by atoms with Crippen molar-refractivity contribution in [3.05, 3.63) is 47.0 Å². The van der Waals surface area contributed by atoms with Gasteiger partial charge in [0.15, 0.2) is 5.78 Å². The second-order valence-electron chi connectivity index (χ2n) is 6.48. The van der Waals surface area contributed by atoms with Crippen molar-refractivity contribution in [2.75, 3.05) is 7.11 Å². The second-order valence-corrected chi connectivity index (χ2v) is 6.48. The fourth-order valence-electron chi connectivity index (χ4n) is 4.10. The summed E-state index contributed by atoms with van der Waals surface area (Å²) in [6, 6.07) is 7.75. The number of esters is 1. The molecule has 2 aliphatic carbocycles. The van der Waals surface area contributed by atoms with Gasteiger partial charge in [0.05, 0.1) is 12.5 Å². The van der Waals surface area contributed by atoms with E-state index in [4.69, 9.17) is 4.74 Å². The average molecular weight is 284 g/mol. The highest BCUT2D eigenvalue weighted by molar-refractivity contribution is 6.09. The van der Waals surface area contributed by atoms with E-state index in [9.17, 15) is 9.59 Å². The molecule has 1 aromatic carbocycles. The van der Waals surface area contributed by atoms with Gasteiger partial charge in [0.2, 0.25) is 0 Å². The summed E-state index contributed by atoms with van der Waals surface area (Å²) in [5, 5.41) is 0. The number of rotatable bonds is 1. The van der Waals surface area contributed by atoms with Crippen LogP contribution in [0.1, 0.15) is 49.0 Å². The number of methoxy groups -OCH3 is 1. The van der Waals surface area contributed by atoms with Gasteiger partial charge in [-0.05, 0) is 37.0 Å². The minimum absolute atomic E-state index is 0.00453. The summed E-state index contributed by atoms with van der Waals surface area (Å²) in [7, 11) is 1.42. The summed E-state index contributed by atoms with van der Waals surface area (Å²) in [6.07, 6.45) is 4.31. The van der Waals surface area contributed by atoms with E-state index in [1.54, 1.807) is 6.08 Å². The number of hydrogen-bond donors (Lipinski definition) is 0. The zero-order valence-corrected chi connectivity index (χ0v) is 12.7. The van der Waals surface area contributed by atoms with Gasteiger partial charge in [0.1, 0.15) is 0 Å². The average Bonchev–Trinajstić information content (AvgIpc) is 2.49. The highest BCUT2D eigenvalue weighted by Crippen LogP contribution is 2.55. The van der Waals surface area contributed by atoms with Crippen molar-refractivity contribution in [2.24, 2.45) is 5.41 Å². The quantitative estimate of drug-likeness (QED) is 0.742. The number of carbonyl (C=O) groups excluding carboxylic acids is 2. The standard InChI is InChI=1S/C18H20O3/c1-17-9-6-10-18(2,16(20)21-3)15(17)11-14(19)12-7-4-5-8-13(12)17/h4-5,7-8,11H,6,9-10H2,1-3H3/t17-,18-/m1/s1. The van der Waals surface area contributed by atoms with Gasteiger partial charge in [-0.1, -0.05) is 37.6 Å². The highest BCUT2D eigenvalue weighted by Gasteiger charge is 2.52. The van der Waals surface area contributed by atoms with Crippen LogP contribution in [0.3, 0.4) is 0 Å². The van der Waals surface area contributed by atoms with Crippen molar-refractivity contribution < 1.29 is 14.3 Å². The number of ketones is 1. The molecule has 3 rings (SSSR count). The van der Waals surface area contributed by atoms with E-state index in [1.807, 2.05) is 31.2 Å². The SMILES string of the molecule is COC(=O)[C@]1(C)CCC[C@@]2(C)C1=CC(=O)c1ccccc12. The Morgan fingerprint density at radius 3 is 2.62 bits per heavy atom. The maximum absolute atomic E-state index is 12.5. The van der Waals surface area contributed by atoms with Crippen molar-refractivity contribution in [3.8, 4) is 0 Å². The molecule has 1 fully saturated rings. The van der Waals surface area contributed by atoms with E-state index in [0.29, 0.717) is 0 Å². The predicted octanol–water partition coefficient (Wildman–Crippen LogP) is 3.43. The Morgan fingerprint density at radius 2 is 1.90 bits per heavy atom. The van der Waals surface area contributed by atoms with Crippen LogP contribution < -0.4 is 0 Å². The van der Waals surface area contributed by atoms with Crippen molar-refractivity contribution in [3.63, 3.8) is 0 Å². The van der Waals surface area contributed by atoms with Gasteiger partial charge in [-0.15, -0.1) is 0 Å². The Morgan fingerprint density at radius 1 is 1.19 bits per heavy atom. The van der Waals surface area contributed by atoms with E-state index in [0.717, 1.165) is 36.0 Å². The smallest absolute Gasteiger partial charge is 0.315 e. The Hall–Kier alpha value is -1.90. The molecule has 0 radical (unpaired) electrons. The van der Waals surface area contributed by atoms with Crippen molar-refractivity contribution in [1.82, 2.24) is 0 Å². The molecule has 1 aromatic rings. The number of allylic oxidation sites excluding steroid dienone is 1. The maximum Gasteiger partial charge on any atom is 0.315 e.